The number of nitrogens with zero attached hydrogens (tertiary/aromatic N) is 2. The van der Waals surface area contributed by atoms with Gasteiger partial charge in [-0.1, -0.05) is 47.7 Å². The van der Waals surface area contributed by atoms with Crippen molar-refractivity contribution < 1.29 is 13.9 Å². The molecule has 2 aromatic heterocycles. The van der Waals surface area contributed by atoms with Gasteiger partial charge in [0.05, 0.1) is 11.3 Å². The minimum absolute atomic E-state index is 0.0914. The molecule has 2 heterocycles. The third kappa shape index (κ3) is 3.23. The van der Waals surface area contributed by atoms with Gasteiger partial charge in [0, 0.05) is 12.4 Å². The molecule has 1 amide bonds. The number of para-hydroxylation sites is 1. The highest BCUT2D eigenvalue weighted by Gasteiger charge is 2.16. The van der Waals surface area contributed by atoms with Gasteiger partial charge in [0.25, 0.3) is 5.91 Å². The zero-order valence-corrected chi connectivity index (χ0v) is 17.7. The highest BCUT2D eigenvalue weighted by Crippen LogP contribution is 2.27. The van der Waals surface area contributed by atoms with Gasteiger partial charge in [-0.15, -0.1) is 0 Å². The summed E-state index contributed by atoms with van der Waals surface area (Å²) in [6.07, 6.45) is 0. The maximum absolute atomic E-state index is 13.0. The molecule has 0 radical (unpaired) electrons. The third-order valence-electron chi connectivity index (χ3n) is 5.15. The molecule has 0 saturated carbocycles. The number of carbonyl (C=O) groups is 1. The molecule has 0 aliphatic heterocycles. The molecule has 3 aromatic carbocycles. The topological polar surface area (TPSA) is 73.8 Å². The lowest BCUT2D eigenvalue weighted by atomic mass is 10.0. The van der Waals surface area contributed by atoms with Crippen molar-refractivity contribution in [1.29, 1.82) is 0 Å². The number of fused-ring (bicyclic) bond motifs is 4. The molecule has 0 saturated heterocycles. The Bertz CT molecular complexity index is 1610. The summed E-state index contributed by atoms with van der Waals surface area (Å²) in [7, 11) is 1.82. The van der Waals surface area contributed by atoms with Crippen LogP contribution in [0.4, 0.5) is 0 Å². The van der Waals surface area contributed by atoms with Gasteiger partial charge in [-0.3, -0.25) is 4.79 Å². The van der Waals surface area contributed by atoms with E-state index in [1.807, 2.05) is 62.5 Å². The van der Waals surface area contributed by atoms with Crippen LogP contribution in [0.2, 0.25) is 0 Å². The van der Waals surface area contributed by atoms with E-state index >= 15 is 0 Å². The summed E-state index contributed by atoms with van der Waals surface area (Å²) < 4.78 is 13.9. The SMILES string of the molecule is CCOc1cccc2sc(=NC(=O)c3cc4c(ccc5ccccc54)oc3=O)n(C)c12. The summed E-state index contributed by atoms with van der Waals surface area (Å²) >= 11 is 1.36. The highest BCUT2D eigenvalue weighted by atomic mass is 32.1. The van der Waals surface area contributed by atoms with Crippen LogP contribution in [0.1, 0.15) is 17.3 Å². The van der Waals surface area contributed by atoms with Gasteiger partial charge in [0.1, 0.15) is 22.4 Å². The summed E-state index contributed by atoms with van der Waals surface area (Å²) in [6.45, 7) is 2.45. The predicted octanol–water partition coefficient (Wildman–Crippen LogP) is 4.64. The first kappa shape index (κ1) is 19.3. The lowest BCUT2D eigenvalue weighted by Crippen LogP contribution is -2.18. The van der Waals surface area contributed by atoms with Crippen LogP contribution in [0.3, 0.4) is 0 Å². The van der Waals surface area contributed by atoms with E-state index < -0.39 is 11.5 Å². The number of aromatic nitrogens is 1. The van der Waals surface area contributed by atoms with Crippen molar-refractivity contribution in [3.63, 3.8) is 0 Å². The summed E-state index contributed by atoms with van der Waals surface area (Å²) in [5, 5.41) is 2.61. The number of aryl methyl sites for hydroxylation is 1. The Hall–Kier alpha value is -3.71. The van der Waals surface area contributed by atoms with Crippen LogP contribution in [-0.4, -0.2) is 17.1 Å². The van der Waals surface area contributed by atoms with Crippen molar-refractivity contribution in [2.24, 2.45) is 12.0 Å². The quantitative estimate of drug-likeness (QED) is 0.309. The molecule has 7 heteroatoms. The van der Waals surface area contributed by atoms with Crippen LogP contribution in [-0.2, 0) is 7.05 Å². The Morgan fingerprint density at radius 3 is 2.77 bits per heavy atom. The number of thiazole rings is 1. The summed E-state index contributed by atoms with van der Waals surface area (Å²) in [6, 6.07) is 18.7. The molecular weight excluding hydrogens is 412 g/mol. The van der Waals surface area contributed by atoms with Gasteiger partial charge in [-0.2, -0.15) is 4.99 Å². The largest absolute Gasteiger partial charge is 0.492 e. The molecule has 0 aliphatic carbocycles. The number of rotatable bonds is 3. The lowest BCUT2D eigenvalue weighted by Gasteiger charge is -2.05. The first-order valence-corrected chi connectivity index (χ1v) is 10.6. The van der Waals surface area contributed by atoms with E-state index in [9.17, 15) is 9.59 Å². The maximum atomic E-state index is 13.0. The molecule has 5 aromatic rings. The minimum Gasteiger partial charge on any atom is -0.492 e. The molecule has 5 rings (SSSR count). The zero-order valence-electron chi connectivity index (χ0n) is 16.9. The number of hydrogen-bond donors (Lipinski definition) is 0. The fourth-order valence-corrected chi connectivity index (χ4v) is 4.75. The number of benzene rings is 3. The van der Waals surface area contributed by atoms with E-state index in [-0.39, 0.29) is 5.56 Å². The minimum atomic E-state index is -0.699. The normalized spacial score (nSPS) is 12.1. The second-order valence-corrected chi connectivity index (χ2v) is 8.05. The summed E-state index contributed by atoms with van der Waals surface area (Å²) in [4.78, 5) is 30.2. The number of ether oxygens (including phenoxy) is 1. The molecular formula is C24H18N2O4S. The van der Waals surface area contributed by atoms with Crippen molar-refractivity contribution in [3.8, 4) is 5.75 Å². The second kappa shape index (κ2) is 7.52. The fourth-order valence-electron chi connectivity index (χ4n) is 3.72. The molecule has 0 spiro atoms. The van der Waals surface area contributed by atoms with Crippen molar-refractivity contribution in [2.45, 2.75) is 6.92 Å². The number of carbonyl (C=O) groups excluding carboxylic acids is 1. The first-order valence-electron chi connectivity index (χ1n) is 9.83. The van der Waals surface area contributed by atoms with Crippen LogP contribution in [0.25, 0.3) is 32.0 Å². The van der Waals surface area contributed by atoms with Crippen molar-refractivity contribution in [1.82, 2.24) is 4.57 Å². The van der Waals surface area contributed by atoms with Crippen molar-refractivity contribution in [2.75, 3.05) is 6.61 Å². The van der Waals surface area contributed by atoms with E-state index in [2.05, 4.69) is 4.99 Å². The van der Waals surface area contributed by atoms with Gasteiger partial charge < -0.3 is 13.7 Å². The van der Waals surface area contributed by atoms with E-state index in [0.717, 1.165) is 26.7 Å². The molecule has 154 valence electrons. The molecule has 0 fully saturated rings. The van der Waals surface area contributed by atoms with Crippen molar-refractivity contribution in [3.05, 3.63) is 81.4 Å². The van der Waals surface area contributed by atoms with E-state index in [0.29, 0.717) is 22.4 Å². The van der Waals surface area contributed by atoms with Crippen LogP contribution < -0.4 is 15.2 Å². The van der Waals surface area contributed by atoms with Crippen LogP contribution in [0.5, 0.6) is 5.75 Å². The summed E-state index contributed by atoms with van der Waals surface area (Å²) in [5.41, 5.74) is 0.508. The fraction of sp³-hybridized carbons (Fsp3) is 0.125. The highest BCUT2D eigenvalue weighted by molar-refractivity contribution is 7.16. The third-order valence-corrected chi connectivity index (χ3v) is 6.25. The Morgan fingerprint density at radius 2 is 1.94 bits per heavy atom. The second-order valence-electron chi connectivity index (χ2n) is 7.04. The molecule has 0 atom stereocenters. The van der Waals surface area contributed by atoms with E-state index in [4.69, 9.17) is 9.15 Å². The Morgan fingerprint density at radius 1 is 1.10 bits per heavy atom. The first-order chi connectivity index (χ1) is 15.1. The number of amides is 1. The van der Waals surface area contributed by atoms with Gasteiger partial charge in [0.2, 0.25) is 0 Å². The molecule has 6 nitrogen and oxygen atoms in total. The lowest BCUT2D eigenvalue weighted by molar-refractivity contribution is 0.0994. The molecule has 31 heavy (non-hydrogen) atoms. The number of hydrogen-bond acceptors (Lipinski definition) is 5. The monoisotopic (exact) mass is 430 g/mol. The summed E-state index contributed by atoms with van der Waals surface area (Å²) in [5.74, 6) is 0.0908. The molecule has 0 unspecified atom stereocenters. The molecule has 0 bridgehead atoms. The van der Waals surface area contributed by atoms with Crippen LogP contribution in [0, 0.1) is 0 Å². The smallest absolute Gasteiger partial charge is 0.349 e. The van der Waals surface area contributed by atoms with Crippen molar-refractivity contribution >= 4 is 49.2 Å². The van der Waals surface area contributed by atoms with Gasteiger partial charge in [0.15, 0.2) is 4.80 Å². The van der Waals surface area contributed by atoms with E-state index in [1.165, 1.54) is 11.3 Å². The Balaban J connectivity index is 1.69. The van der Waals surface area contributed by atoms with Gasteiger partial charge in [-0.05, 0) is 42.0 Å². The molecule has 0 aliphatic rings. The zero-order chi connectivity index (χ0) is 21.5. The predicted molar refractivity (Wildman–Crippen MR) is 122 cm³/mol. The Kier molecular flexibility index (Phi) is 4.67. The molecule has 0 N–H and O–H groups in total. The maximum Gasteiger partial charge on any atom is 0.349 e. The average Bonchev–Trinajstić information content (AvgIpc) is 3.09. The average molecular weight is 430 g/mol. The van der Waals surface area contributed by atoms with E-state index in [1.54, 1.807) is 16.7 Å². The van der Waals surface area contributed by atoms with Crippen LogP contribution >= 0.6 is 11.3 Å². The van der Waals surface area contributed by atoms with Gasteiger partial charge in [-0.25, -0.2) is 4.79 Å². The Labute approximate surface area is 180 Å². The van der Waals surface area contributed by atoms with Crippen LogP contribution in [0.15, 0.2) is 74.9 Å². The standard InChI is InChI=1S/C24H18N2O4S/c1-3-29-19-9-6-10-20-21(19)26(2)24(31-20)25-22(27)17-13-16-15-8-5-4-7-14(15)11-12-18(16)30-23(17)28/h4-13H,3H2,1-2H3. The van der Waals surface area contributed by atoms with Gasteiger partial charge >= 0.3 is 5.63 Å².